The second kappa shape index (κ2) is 5.84. The number of nitrogens with two attached hydrogens (primary N) is 1. The van der Waals surface area contributed by atoms with Crippen LogP contribution < -0.4 is 5.73 Å². The first-order chi connectivity index (χ1) is 9.70. The van der Waals surface area contributed by atoms with Crippen molar-refractivity contribution >= 4 is 21.4 Å². The third-order valence-electron chi connectivity index (χ3n) is 4.75. The van der Waals surface area contributed by atoms with Crippen LogP contribution in [0.2, 0.25) is 0 Å². The van der Waals surface area contributed by atoms with E-state index >= 15 is 0 Å². The molecular formula is C17H24N2S. The summed E-state index contributed by atoms with van der Waals surface area (Å²) in [6.45, 7) is 6.64. The van der Waals surface area contributed by atoms with E-state index < -0.39 is 0 Å². The van der Waals surface area contributed by atoms with E-state index in [1.165, 1.54) is 34.3 Å². The molecule has 1 saturated heterocycles. The van der Waals surface area contributed by atoms with Crippen LogP contribution in [0.25, 0.3) is 10.1 Å². The minimum Gasteiger partial charge on any atom is -0.329 e. The van der Waals surface area contributed by atoms with Gasteiger partial charge in [-0.1, -0.05) is 25.1 Å². The molecule has 1 aromatic carbocycles. The first kappa shape index (κ1) is 14.1. The number of hydrogen-bond acceptors (Lipinski definition) is 3. The topological polar surface area (TPSA) is 29.3 Å². The Balaban J connectivity index is 1.88. The highest BCUT2D eigenvalue weighted by Gasteiger charge is 2.31. The summed E-state index contributed by atoms with van der Waals surface area (Å²) in [6, 6.07) is 12.0. The van der Waals surface area contributed by atoms with Gasteiger partial charge >= 0.3 is 0 Å². The number of rotatable bonds is 3. The average molecular weight is 288 g/mol. The zero-order chi connectivity index (χ0) is 14.1. The smallest absolute Gasteiger partial charge is 0.0417 e. The lowest BCUT2D eigenvalue weighted by Gasteiger charge is -2.42. The van der Waals surface area contributed by atoms with Crippen molar-refractivity contribution in [3.8, 4) is 0 Å². The van der Waals surface area contributed by atoms with Gasteiger partial charge in [0.2, 0.25) is 0 Å². The predicted molar refractivity (Wildman–Crippen MR) is 88.2 cm³/mol. The van der Waals surface area contributed by atoms with Crippen LogP contribution in [0.1, 0.15) is 37.6 Å². The number of hydrogen-bond donors (Lipinski definition) is 1. The number of thiophene rings is 1. The Labute approximate surface area is 125 Å². The van der Waals surface area contributed by atoms with Gasteiger partial charge in [0.05, 0.1) is 0 Å². The Bertz CT molecular complexity index is 544. The molecule has 1 fully saturated rings. The van der Waals surface area contributed by atoms with Crippen LogP contribution in [0, 0.1) is 5.92 Å². The maximum Gasteiger partial charge on any atom is 0.0417 e. The molecular weight excluding hydrogens is 264 g/mol. The largest absolute Gasteiger partial charge is 0.329 e. The van der Waals surface area contributed by atoms with Gasteiger partial charge < -0.3 is 5.73 Å². The lowest BCUT2D eigenvalue weighted by atomic mass is 9.89. The molecule has 0 radical (unpaired) electrons. The van der Waals surface area contributed by atoms with Crippen LogP contribution in [-0.2, 0) is 0 Å². The van der Waals surface area contributed by atoms with Gasteiger partial charge in [0.25, 0.3) is 0 Å². The second-order valence-electron chi connectivity index (χ2n) is 6.02. The highest BCUT2D eigenvalue weighted by atomic mass is 32.1. The molecule has 2 nitrogen and oxygen atoms in total. The van der Waals surface area contributed by atoms with Crippen LogP contribution in [0.3, 0.4) is 0 Å². The van der Waals surface area contributed by atoms with E-state index in [2.05, 4.69) is 49.1 Å². The van der Waals surface area contributed by atoms with E-state index in [9.17, 15) is 0 Å². The highest BCUT2D eigenvalue weighted by molar-refractivity contribution is 7.19. The van der Waals surface area contributed by atoms with Crippen molar-refractivity contribution in [1.82, 2.24) is 4.90 Å². The van der Waals surface area contributed by atoms with E-state index in [4.69, 9.17) is 5.73 Å². The van der Waals surface area contributed by atoms with Gasteiger partial charge in [-0.3, -0.25) is 4.90 Å². The van der Waals surface area contributed by atoms with E-state index in [1.807, 2.05) is 11.3 Å². The summed E-state index contributed by atoms with van der Waals surface area (Å²) in [5.41, 5.74) is 6.04. The lowest BCUT2D eigenvalue weighted by Crippen LogP contribution is -2.49. The Hall–Kier alpha value is -0.900. The van der Waals surface area contributed by atoms with Crippen molar-refractivity contribution in [3.63, 3.8) is 0 Å². The van der Waals surface area contributed by atoms with Gasteiger partial charge in [-0.25, -0.2) is 0 Å². The van der Waals surface area contributed by atoms with Gasteiger partial charge in [-0.2, -0.15) is 0 Å². The second-order valence-corrected chi connectivity index (χ2v) is 7.14. The minimum atomic E-state index is 0.476. The molecule has 0 bridgehead atoms. The minimum absolute atomic E-state index is 0.476. The molecule has 0 amide bonds. The zero-order valence-corrected chi connectivity index (χ0v) is 13.2. The number of nitrogens with zero attached hydrogens (tertiary/aromatic N) is 1. The molecule has 3 atom stereocenters. The number of benzene rings is 1. The summed E-state index contributed by atoms with van der Waals surface area (Å²) in [5.74, 6) is 0.713. The average Bonchev–Trinajstić information content (AvgIpc) is 2.90. The van der Waals surface area contributed by atoms with Crippen LogP contribution >= 0.6 is 11.3 Å². The fraction of sp³-hybridized carbons (Fsp3) is 0.529. The molecule has 2 aromatic rings. The van der Waals surface area contributed by atoms with Crippen LogP contribution in [0.4, 0.5) is 0 Å². The fourth-order valence-corrected chi connectivity index (χ4v) is 4.64. The maximum absolute atomic E-state index is 6.04. The molecule has 0 spiro atoms. The third kappa shape index (κ3) is 2.50. The molecule has 0 saturated carbocycles. The lowest BCUT2D eigenvalue weighted by molar-refractivity contribution is 0.0704. The number of fused-ring (bicyclic) bond motifs is 1. The Kier molecular flexibility index (Phi) is 4.11. The number of likely N-dealkylation sites (tertiary alicyclic amines) is 1. The summed E-state index contributed by atoms with van der Waals surface area (Å²) in [4.78, 5) is 4.09. The maximum atomic E-state index is 6.04. The summed E-state index contributed by atoms with van der Waals surface area (Å²) in [6.07, 6.45) is 2.62. The van der Waals surface area contributed by atoms with Crippen molar-refractivity contribution in [2.24, 2.45) is 11.7 Å². The van der Waals surface area contributed by atoms with Crippen molar-refractivity contribution in [1.29, 1.82) is 0 Å². The number of piperidine rings is 1. The van der Waals surface area contributed by atoms with E-state index in [1.54, 1.807) is 0 Å². The monoisotopic (exact) mass is 288 g/mol. The molecule has 1 aromatic heterocycles. The van der Waals surface area contributed by atoms with E-state index in [0.717, 1.165) is 6.54 Å². The van der Waals surface area contributed by atoms with Crippen molar-refractivity contribution < 1.29 is 0 Å². The Morgan fingerprint density at radius 2 is 2.20 bits per heavy atom. The molecule has 20 heavy (non-hydrogen) atoms. The first-order valence-corrected chi connectivity index (χ1v) is 8.46. The van der Waals surface area contributed by atoms with Crippen molar-refractivity contribution in [2.45, 2.75) is 38.8 Å². The van der Waals surface area contributed by atoms with Crippen molar-refractivity contribution in [2.75, 3.05) is 13.1 Å². The standard InChI is InChI=1S/C17H24N2S/c1-12-6-5-9-19(15(12)11-18)13(2)17-10-14-7-3-4-8-16(14)20-17/h3-4,7-8,10,12-13,15H,5-6,9,11,18H2,1-2H3. The first-order valence-electron chi connectivity index (χ1n) is 7.65. The zero-order valence-electron chi connectivity index (χ0n) is 12.4. The van der Waals surface area contributed by atoms with Crippen LogP contribution in [-0.4, -0.2) is 24.0 Å². The quantitative estimate of drug-likeness (QED) is 0.924. The molecule has 3 heteroatoms. The molecule has 2 heterocycles. The molecule has 3 rings (SSSR count). The Morgan fingerprint density at radius 3 is 2.95 bits per heavy atom. The summed E-state index contributed by atoms with van der Waals surface area (Å²) in [5, 5.41) is 1.37. The molecule has 3 unspecified atom stereocenters. The van der Waals surface area contributed by atoms with Gasteiger partial charge in [0, 0.05) is 28.2 Å². The van der Waals surface area contributed by atoms with Gasteiger partial charge in [0.15, 0.2) is 0 Å². The molecule has 2 N–H and O–H groups in total. The summed E-state index contributed by atoms with van der Waals surface area (Å²) < 4.78 is 1.39. The third-order valence-corrected chi connectivity index (χ3v) is 6.04. The summed E-state index contributed by atoms with van der Waals surface area (Å²) >= 11 is 1.93. The molecule has 108 valence electrons. The van der Waals surface area contributed by atoms with Gasteiger partial charge in [-0.15, -0.1) is 11.3 Å². The molecule has 1 aliphatic rings. The van der Waals surface area contributed by atoms with Crippen LogP contribution in [0.5, 0.6) is 0 Å². The SMILES string of the molecule is CC1CCCN(C(C)c2cc3ccccc3s2)C1CN. The molecule has 1 aliphatic heterocycles. The molecule has 0 aliphatic carbocycles. The predicted octanol–water partition coefficient (Wildman–Crippen LogP) is 4.02. The van der Waals surface area contributed by atoms with Gasteiger partial charge in [-0.05, 0) is 49.7 Å². The van der Waals surface area contributed by atoms with E-state index in [-0.39, 0.29) is 0 Å². The fourth-order valence-electron chi connectivity index (χ4n) is 3.50. The normalized spacial score (nSPS) is 25.9. The summed E-state index contributed by atoms with van der Waals surface area (Å²) in [7, 11) is 0. The van der Waals surface area contributed by atoms with Crippen molar-refractivity contribution in [3.05, 3.63) is 35.2 Å². The van der Waals surface area contributed by atoms with Crippen LogP contribution in [0.15, 0.2) is 30.3 Å². The highest BCUT2D eigenvalue weighted by Crippen LogP contribution is 2.36. The van der Waals surface area contributed by atoms with E-state index in [0.29, 0.717) is 18.0 Å². The Morgan fingerprint density at radius 1 is 1.40 bits per heavy atom. The van der Waals surface area contributed by atoms with Gasteiger partial charge in [0.1, 0.15) is 0 Å².